The number of pyridine rings is 1. The van der Waals surface area contributed by atoms with Crippen LogP contribution in [0.2, 0.25) is 0 Å². The normalized spacial score (nSPS) is 10.2. The third-order valence-electron chi connectivity index (χ3n) is 2.30. The van der Waals surface area contributed by atoms with Gasteiger partial charge in [-0.1, -0.05) is 5.21 Å². The second-order valence-electron chi connectivity index (χ2n) is 3.85. The largest absolute Gasteiger partial charge is 0.480 e. The number of carbonyl (C=O) groups excluding carboxylic acids is 1. The molecule has 2 rings (SSSR count). The van der Waals surface area contributed by atoms with Crippen LogP contribution in [0.4, 0.5) is 4.39 Å². The minimum atomic E-state index is -1.04. The molecule has 104 valence electrons. The molecule has 2 aromatic heterocycles. The van der Waals surface area contributed by atoms with E-state index < -0.39 is 17.8 Å². The lowest BCUT2D eigenvalue weighted by molar-refractivity contribution is -0.137. The molecule has 0 atom stereocenters. The molecule has 9 heteroatoms. The SMILES string of the molecule is O=C(O)Cn1cc(CNC(=O)c2ccc(F)nc2)nn1. The number of amides is 1. The highest BCUT2D eigenvalue weighted by Gasteiger charge is 2.08. The summed E-state index contributed by atoms with van der Waals surface area (Å²) in [6.45, 7) is -0.224. The maximum atomic E-state index is 12.6. The van der Waals surface area contributed by atoms with Gasteiger partial charge < -0.3 is 10.4 Å². The van der Waals surface area contributed by atoms with Crippen LogP contribution in [-0.4, -0.2) is 37.0 Å². The molecule has 0 saturated heterocycles. The summed E-state index contributed by atoms with van der Waals surface area (Å²) < 4.78 is 13.7. The molecule has 2 heterocycles. The van der Waals surface area contributed by atoms with Crippen LogP contribution in [0, 0.1) is 5.95 Å². The quantitative estimate of drug-likeness (QED) is 0.735. The highest BCUT2D eigenvalue weighted by Crippen LogP contribution is 2.00. The van der Waals surface area contributed by atoms with Gasteiger partial charge >= 0.3 is 5.97 Å². The number of carboxylic acids is 1. The van der Waals surface area contributed by atoms with Gasteiger partial charge in [0, 0.05) is 6.20 Å². The zero-order valence-corrected chi connectivity index (χ0v) is 10.2. The maximum absolute atomic E-state index is 12.6. The van der Waals surface area contributed by atoms with E-state index in [9.17, 15) is 14.0 Å². The Morgan fingerprint density at radius 1 is 1.40 bits per heavy atom. The number of carbonyl (C=O) groups is 2. The van der Waals surface area contributed by atoms with Crippen LogP contribution in [0.15, 0.2) is 24.5 Å². The molecule has 0 aliphatic carbocycles. The van der Waals surface area contributed by atoms with E-state index in [1.165, 1.54) is 12.3 Å². The summed E-state index contributed by atoms with van der Waals surface area (Å²) >= 11 is 0. The van der Waals surface area contributed by atoms with Crippen LogP contribution in [0.5, 0.6) is 0 Å². The second-order valence-corrected chi connectivity index (χ2v) is 3.85. The summed E-state index contributed by atoms with van der Waals surface area (Å²) in [6, 6.07) is 2.39. The number of nitrogens with one attached hydrogen (secondary N) is 1. The number of hydrogen-bond donors (Lipinski definition) is 2. The summed E-state index contributed by atoms with van der Waals surface area (Å²) in [5, 5.41) is 18.4. The molecule has 0 aliphatic rings. The smallest absolute Gasteiger partial charge is 0.325 e. The third-order valence-corrected chi connectivity index (χ3v) is 2.30. The fourth-order valence-corrected chi connectivity index (χ4v) is 1.42. The maximum Gasteiger partial charge on any atom is 0.325 e. The van der Waals surface area contributed by atoms with Gasteiger partial charge in [0.2, 0.25) is 5.95 Å². The van der Waals surface area contributed by atoms with Crippen molar-refractivity contribution < 1.29 is 19.1 Å². The van der Waals surface area contributed by atoms with Gasteiger partial charge in [-0.2, -0.15) is 4.39 Å². The van der Waals surface area contributed by atoms with Gasteiger partial charge in [0.1, 0.15) is 12.2 Å². The summed E-state index contributed by atoms with van der Waals surface area (Å²) in [7, 11) is 0. The first-order valence-electron chi connectivity index (χ1n) is 5.55. The van der Waals surface area contributed by atoms with Crippen molar-refractivity contribution in [3.05, 3.63) is 41.7 Å². The molecule has 0 aromatic carbocycles. The first-order valence-corrected chi connectivity index (χ1v) is 5.55. The van der Waals surface area contributed by atoms with E-state index in [0.717, 1.165) is 16.9 Å². The van der Waals surface area contributed by atoms with Gasteiger partial charge in [0.15, 0.2) is 0 Å². The van der Waals surface area contributed by atoms with Crippen LogP contribution in [0.1, 0.15) is 16.1 Å². The van der Waals surface area contributed by atoms with Crippen LogP contribution in [-0.2, 0) is 17.9 Å². The minimum Gasteiger partial charge on any atom is -0.480 e. The first kappa shape index (κ1) is 13.6. The Hall–Kier alpha value is -2.84. The molecular weight excluding hydrogens is 269 g/mol. The molecule has 0 saturated carbocycles. The second kappa shape index (κ2) is 5.87. The molecule has 0 bridgehead atoms. The van der Waals surface area contributed by atoms with Gasteiger partial charge in [-0.3, -0.25) is 9.59 Å². The Balaban J connectivity index is 1.91. The molecule has 0 aliphatic heterocycles. The highest BCUT2D eigenvalue weighted by molar-refractivity contribution is 5.93. The molecule has 2 aromatic rings. The fraction of sp³-hybridized carbons (Fsp3) is 0.182. The Morgan fingerprint density at radius 3 is 2.85 bits per heavy atom. The van der Waals surface area contributed by atoms with Crippen molar-refractivity contribution >= 4 is 11.9 Å². The molecule has 1 amide bonds. The first-order chi connectivity index (χ1) is 9.54. The van der Waals surface area contributed by atoms with E-state index >= 15 is 0 Å². The number of hydrogen-bond acceptors (Lipinski definition) is 5. The van der Waals surface area contributed by atoms with E-state index in [-0.39, 0.29) is 18.7 Å². The van der Waals surface area contributed by atoms with Crippen molar-refractivity contribution in [3.8, 4) is 0 Å². The number of aliphatic carboxylic acids is 1. The van der Waals surface area contributed by atoms with E-state index in [1.807, 2.05) is 0 Å². The minimum absolute atomic E-state index is 0.0792. The van der Waals surface area contributed by atoms with Gasteiger partial charge in [0.05, 0.1) is 18.3 Å². The summed E-state index contributed by atoms with van der Waals surface area (Å²) in [4.78, 5) is 25.5. The highest BCUT2D eigenvalue weighted by atomic mass is 19.1. The Bertz CT molecular complexity index is 625. The van der Waals surface area contributed by atoms with E-state index in [0.29, 0.717) is 5.69 Å². The number of carboxylic acid groups (broad SMARTS) is 1. The zero-order valence-electron chi connectivity index (χ0n) is 10.2. The van der Waals surface area contributed by atoms with Crippen molar-refractivity contribution in [2.24, 2.45) is 0 Å². The van der Waals surface area contributed by atoms with Crippen LogP contribution < -0.4 is 5.32 Å². The fourth-order valence-electron chi connectivity index (χ4n) is 1.42. The van der Waals surface area contributed by atoms with Crippen molar-refractivity contribution in [1.82, 2.24) is 25.3 Å². The number of rotatable bonds is 5. The van der Waals surface area contributed by atoms with Gasteiger partial charge in [-0.15, -0.1) is 5.10 Å². The van der Waals surface area contributed by atoms with Crippen molar-refractivity contribution in [2.45, 2.75) is 13.1 Å². The topological polar surface area (TPSA) is 110 Å². The molecular formula is C11H10FN5O3. The van der Waals surface area contributed by atoms with Crippen molar-refractivity contribution in [2.75, 3.05) is 0 Å². The van der Waals surface area contributed by atoms with Crippen molar-refractivity contribution in [3.63, 3.8) is 0 Å². The average molecular weight is 279 g/mol. The van der Waals surface area contributed by atoms with Crippen LogP contribution in [0.25, 0.3) is 0 Å². The molecule has 8 nitrogen and oxygen atoms in total. The molecule has 20 heavy (non-hydrogen) atoms. The third kappa shape index (κ3) is 3.57. The standard InChI is InChI=1S/C11H10FN5O3/c12-9-2-1-7(3-13-9)11(20)14-4-8-5-17(16-15-8)6-10(18)19/h1-3,5H,4,6H2,(H,14,20)(H,18,19). The number of nitrogens with zero attached hydrogens (tertiary/aromatic N) is 4. The lowest BCUT2D eigenvalue weighted by atomic mass is 10.2. The monoisotopic (exact) mass is 279 g/mol. The van der Waals surface area contributed by atoms with Gasteiger partial charge in [-0.25, -0.2) is 9.67 Å². The molecule has 0 spiro atoms. The van der Waals surface area contributed by atoms with E-state index in [2.05, 4.69) is 20.6 Å². The zero-order chi connectivity index (χ0) is 14.5. The Labute approximate surface area is 112 Å². The predicted octanol–water partition coefficient (Wildman–Crippen LogP) is -0.173. The summed E-state index contributed by atoms with van der Waals surface area (Å²) in [5.41, 5.74) is 0.624. The van der Waals surface area contributed by atoms with E-state index in [4.69, 9.17) is 5.11 Å². The molecule has 0 unspecified atom stereocenters. The molecule has 0 fully saturated rings. The van der Waals surface area contributed by atoms with Crippen LogP contribution >= 0.6 is 0 Å². The Morgan fingerprint density at radius 2 is 2.20 bits per heavy atom. The summed E-state index contributed by atoms with van der Waals surface area (Å²) in [6.07, 6.45) is 2.53. The van der Waals surface area contributed by atoms with Gasteiger partial charge in [-0.05, 0) is 12.1 Å². The Kier molecular flexibility index (Phi) is 3.99. The van der Waals surface area contributed by atoms with Crippen molar-refractivity contribution in [1.29, 1.82) is 0 Å². The molecule has 2 N–H and O–H groups in total. The average Bonchev–Trinajstić information content (AvgIpc) is 2.83. The van der Waals surface area contributed by atoms with E-state index in [1.54, 1.807) is 0 Å². The lowest BCUT2D eigenvalue weighted by Gasteiger charge is -2.02. The lowest BCUT2D eigenvalue weighted by Crippen LogP contribution is -2.23. The summed E-state index contributed by atoms with van der Waals surface area (Å²) in [5.74, 6) is -2.15. The molecule has 0 radical (unpaired) electrons. The number of halogens is 1. The van der Waals surface area contributed by atoms with Crippen LogP contribution in [0.3, 0.4) is 0 Å². The predicted molar refractivity (Wildman–Crippen MR) is 63.0 cm³/mol. The number of aromatic nitrogens is 4. The van der Waals surface area contributed by atoms with Gasteiger partial charge in [0.25, 0.3) is 5.91 Å².